The van der Waals surface area contributed by atoms with Crippen LogP contribution in [0.3, 0.4) is 0 Å². The Morgan fingerprint density at radius 2 is 1.97 bits per heavy atom. The van der Waals surface area contributed by atoms with E-state index in [0.29, 0.717) is 30.4 Å². The smallest absolute Gasteiger partial charge is 0.251 e. The van der Waals surface area contributed by atoms with Gasteiger partial charge >= 0.3 is 0 Å². The first-order valence-corrected chi connectivity index (χ1v) is 12.0. The second-order valence-corrected chi connectivity index (χ2v) is 8.97. The molecule has 1 N–H and O–H groups in total. The Morgan fingerprint density at radius 1 is 1.11 bits per heavy atom. The summed E-state index contributed by atoms with van der Waals surface area (Å²) in [5.74, 6) is 1.10. The average Bonchev–Trinajstić information content (AvgIpc) is 3.62. The maximum atomic E-state index is 12.4. The van der Waals surface area contributed by atoms with E-state index in [1.54, 1.807) is 39.7 Å². The van der Waals surface area contributed by atoms with E-state index in [9.17, 15) is 4.79 Å². The highest BCUT2D eigenvalue weighted by Gasteiger charge is 2.26. The quantitative estimate of drug-likeness (QED) is 0.361. The Bertz CT molecular complexity index is 1380. The molecule has 1 aliphatic carbocycles. The van der Waals surface area contributed by atoms with Gasteiger partial charge in [-0.05, 0) is 49.1 Å². The molecule has 0 spiro atoms. The Balaban J connectivity index is 1.52. The van der Waals surface area contributed by atoms with Crippen LogP contribution in [0.4, 0.5) is 11.4 Å². The first kappa shape index (κ1) is 23.7. The van der Waals surface area contributed by atoms with Crippen molar-refractivity contribution in [3.8, 4) is 17.0 Å². The molecular formula is C27H30N6O3. The van der Waals surface area contributed by atoms with Gasteiger partial charge in [-0.1, -0.05) is 0 Å². The first-order valence-electron chi connectivity index (χ1n) is 12.0. The normalized spacial score (nSPS) is 13.1. The van der Waals surface area contributed by atoms with Gasteiger partial charge in [0, 0.05) is 55.5 Å². The molecule has 2 heterocycles. The number of aromatic nitrogens is 4. The van der Waals surface area contributed by atoms with E-state index in [0.717, 1.165) is 40.2 Å². The molecule has 0 unspecified atom stereocenters. The molecule has 0 aliphatic heterocycles. The van der Waals surface area contributed by atoms with Gasteiger partial charge in [0.25, 0.3) is 5.91 Å². The molecule has 2 aromatic carbocycles. The van der Waals surface area contributed by atoms with Crippen LogP contribution < -0.4 is 15.0 Å². The monoisotopic (exact) mass is 486 g/mol. The van der Waals surface area contributed by atoms with Gasteiger partial charge in [0.05, 0.1) is 49.4 Å². The van der Waals surface area contributed by atoms with Crippen LogP contribution in [0.1, 0.15) is 23.2 Å². The number of benzene rings is 2. The second kappa shape index (κ2) is 10.3. The predicted molar refractivity (Wildman–Crippen MR) is 139 cm³/mol. The molecule has 1 saturated carbocycles. The summed E-state index contributed by atoms with van der Waals surface area (Å²) in [6.45, 7) is 2.12. The number of carbonyl (C=O) groups excluding carboxylic acids is 1. The Hall–Kier alpha value is -3.98. The standard InChI is InChI=1S/C27H30N6O3/c1-28-27(34)19-10-22(12-23(11-19)36-3)33(16-18-4-5-18)21-6-7-24-25(13-21)31-26(15-29-24)20-14-30-32(17-20)8-9-35-2/h6-7,10-15,17-18H,4-5,8-9,16H2,1-3H3,(H,28,34). The Kier molecular flexibility index (Phi) is 6.81. The van der Waals surface area contributed by atoms with Gasteiger partial charge in [-0.2, -0.15) is 5.10 Å². The van der Waals surface area contributed by atoms with E-state index in [2.05, 4.69) is 32.4 Å². The van der Waals surface area contributed by atoms with Crippen LogP contribution in [0, 0.1) is 5.92 Å². The number of fused-ring (bicyclic) bond motifs is 1. The fourth-order valence-corrected chi connectivity index (χ4v) is 4.16. The van der Waals surface area contributed by atoms with Crippen molar-refractivity contribution in [3.05, 3.63) is 60.6 Å². The van der Waals surface area contributed by atoms with Crippen LogP contribution in [0.25, 0.3) is 22.3 Å². The maximum Gasteiger partial charge on any atom is 0.251 e. The molecule has 0 radical (unpaired) electrons. The zero-order valence-electron chi connectivity index (χ0n) is 20.8. The third-order valence-electron chi connectivity index (χ3n) is 6.36. The van der Waals surface area contributed by atoms with Gasteiger partial charge in [0.1, 0.15) is 5.75 Å². The number of amides is 1. The number of nitrogens with one attached hydrogen (secondary N) is 1. The van der Waals surface area contributed by atoms with Gasteiger partial charge in [-0.25, -0.2) is 4.98 Å². The van der Waals surface area contributed by atoms with Gasteiger partial charge in [-0.15, -0.1) is 0 Å². The molecule has 5 rings (SSSR count). The maximum absolute atomic E-state index is 12.4. The summed E-state index contributed by atoms with van der Waals surface area (Å²) in [7, 11) is 4.92. The van der Waals surface area contributed by atoms with Crippen molar-refractivity contribution in [2.45, 2.75) is 19.4 Å². The van der Waals surface area contributed by atoms with E-state index in [1.807, 2.05) is 29.1 Å². The summed E-state index contributed by atoms with van der Waals surface area (Å²) in [5.41, 5.74) is 5.74. The molecule has 1 aliphatic rings. The number of rotatable bonds is 10. The highest BCUT2D eigenvalue weighted by atomic mass is 16.5. The summed E-state index contributed by atoms with van der Waals surface area (Å²) < 4.78 is 12.5. The number of anilines is 2. The van der Waals surface area contributed by atoms with Crippen LogP contribution in [0.15, 0.2) is 55.0 Å². The Morgan fingerprint density at radius 3 is 2.72 bits per heavy atom. The van der Waals surface area contributed by atoms with Crippen LogP contribution in [0.2, 0.25) is 0 Å². The summed E-state index contributed by atoms with van der Waals surface area (Å²) >= 11 is 0. The third-order valence-corrected chi connectivity index (χ3v) is 6.36. The third kappa shape index (κ3) is 5.16. The summed E-state index contributed by atoms with van der Waals surface area (Å²) in [6.07, 6.45) is 7.93. The summed E-state index contributed by atoms with van der Waals surface area (Å²) in [4.78, 5) is 24.2. The molecule has 9 nitrogen and oxygen atoms in total. The van der Waals surface area contributed by atoms with Gasteiger partial charge < -0.3 is 19.7 Å². The van der Waals surface area contributed by atoms with Crippen molar-refractivity contribution in [3.63, 3.8) is 0 Å². The lowest BCUT2D eigenvalue weighted by Crippen LogP contribution is -2.22. The number of hydrogen-bond acceptors (Lipinski definition) is 7. The lowest BCUT2D eigenvalue weighted by Gasteiger charge is -2.26. The molecule has 9 heteroatoms. The SMILES string of the molecule is CNC(=O)c1cc(OC)cc(N(CC2CC2)c2ccc3ncc(-c4cnn(CCOC)c4)nc3c2)c1. The average molecular weight is 487 g/mol. The van der Waals surface area contributed by atoms with E-state index in [4.69, 9.17) is 14.5 Å². The largest absolute Gasteiger partial charge is 0.497 e. The molecule has 0 atom stereocenters. The highest BCUT2D eigenvalue weighted by Crippen LogP contribution is 2.37. The zero-order chi connectivity index (χ0) is 25.1. The number of nitrogens with zero attached hydrogens (tertiary/aromatic N) is 5. The zero-order valence-corrected chi connectivity index (χ0v) is 20.8. The van der Waals surface area contributed by atoms with Crippen LogP contribution in [-0.4, -0.2) is 60.1 Å². The summed E-state index contributed by atoms with van der Waals surface area (Å²) in [5, 5.41) is 7.10. The van der Waals surface area contributed by atoms with Crippen LogP contribution >= 0.6 is 0 Å². The molecule has 1 fully saturated rings. The number of carbonyl (C=O) groups is 1. The van der Waals surface area contributed by atoms with Crippen molar-refractivity contribution in [1.29, 1.82) is 0 Å². The lowest BCUT2D eigenvalue weighted by atomic mass is 10.1. The molecule has 4 aromatic rings. The van der Waals surface area contributed by atoms with Gasteiger partial charge in [-0.3, -0.25) is 14.5 Å². The first-order chi connectivity index (χ1) is 17.6. The number of methoxy groups -OCH3 is 2. The molecule has 36 heavy (non-hydrogen) atoms. The minimum absolute atomic E-state index is 0.151. The molecule has 0 saturated heterocycles. The Labute approximate surface area is 210 Å². The molecule has 2 aromatic heterocycles. The molecular weight excluding hydrogens is 456 g/mol. The van der Waals surface area contributed by atoms with E-state index >= 15 is 0 Å². The molecule has 186 valence electrons. The van der Waals surface area contributed by atoms with E-state index < -0.39 is 0 Å². The molecule has 1 amide bonds. The van der Waals surface area contributed by atoms with Crippen molar-refractivity contribution >= 4 is 28.3 Å². The van der Waals surface area contributed by atoms with Crippen molar-refractivity contribution in [2.75, 3.05) is 39.3 Å². The minimum atomic E-state index is -0.151. The fraction of sp³-hybridized carbons (Fsp3) is 0.333. The van der Waals surface area contributed by atoms with Gasteiger partial charge in [0.2, 0.25) is 0 Å². The van der Waals surface area contributed by atoms with E-state index in [-0.39, 0.29) is 5.91 Å². The fourth-order valence-electron chi connectivity index (χ4n) is 4.16. The van der Waals surface area contributed by atoms with Crippen molar-refractivity contribution < 1.29 is 14.3 Å². The van der Waals surface area contributed by atoms with Crippen LogP contribution in [-0.2, 0) is 11.3 Å². The summed E-state index contributed by atoms with van der Waals surface area (Å²) in [6, 6.07) is 11.7. The van der Waals surface area contributed by atoms with E-state index in [1.165, 1.54) is 12.8 Å². The topological polar surface area (TPSA) is 94.4 Å². The second-order valence-electron chi connectivity index (χ2n) is 8.97. The highest BCUT2D eigenvalue weighted by molar-refractivity contribution is 5.96. The number of ether oxygens (including phenoxy) is 2. The minimum Gasteiger partial charge on any atom is -0.497 e. The molecule has 0 bridgehead atoms. The van der Waals surface area contributed by atoms with Crippen LogP contribution in [0.5, 0.6) is 5.75 Å². The lowest BCUT2D eigenvalue weighted by molar-refractivity contribution is 0.0962. The van der Waals surface area contributed by atoms with Crippen molar-refractivity contribution in [2.24, 2.45) is 5.92 Å². The predicted octanol–water partition coefficient (Wildman–Crippen LogP) is 4.06. The number of hydrogen-bond donors (Lipinski definition) is 1. The van der Waals surface area contributed by atoms with Crippen molar-refractivity contribution in [1.82, 2.24) is 25.1 Å². The van der Waals surface area contributed by atoms with Gasteiger partial charge in [0.15, 0.2) is 0 Å².